The van der Waals surface area contributed by atoms with Crippen LogP contribution in [0.25, 0.3) is 10.9 Å². The summed E-state index contributed by atoms with van der Waals surface area (Å²) in [7, 11) is 0. The summed E-state index contributed by atoms with van der Waals surface area (Å²) in [5, 5.41) is 0.938. The van der Waals surface area contributed by atoms with Crippen molar-refractivity contribution in [1.82, 2.24) is 4.57 Å². The Morgan fingerprint density at radius 2 is 2.12 bits per heavy atom. The first-order chi connectivity index (χ1) is 7.52. The van der Waals surface area contributed by atoms with Gasteiger partial charge in [0.1, 0.15) is 0 Å². The summed E-state index contributed by atoms with van der Waals surface area (Å²) in [6, 6.07) is 8.04. The summed E-state index contributed by atoms with van der Waals surface area (Å²) < 4.78 is 3.32. The molecule has 2 N–H and O–H groups in total. The van der Waals surface area contributed by atoms with Gasteiger partial charge in [0.05, 0.1) is 3.70 Å². The number of benzene rings is 1. The van der Waals surface area contributed by atoms with Crippen molar-refractivity contribution in [2.45, 2.75) is 19.9 Å². The van der Waals surface area contributed by atoms with Gasteiger partial charge in [-0.3, -0.25) is 4.79 Å². The number of fused-ring (bicyclic) bond motifs is 1. The van der Waals surface area contributed by atoms with Gasteiger partial charge in [0.2, 0.25) is 5.91 Å². The number of rotatable bonds is 2. The zero-order valence-electron chi connectivity index (χ0n) is 9.20. The third-order valence-electron chi connectivity index (χ3n) is 2.62. The average Bonchev–Trinajstić information content (AvgIpc) is 2.52. The van der Waals surface area contributed by atoms with E-state index in [2.05, 4.69) is 41.0 Å². The van der Waals surface area contributed by atoms with Crippen LogP contribution in [0.1, 0.15) is 30.2 Å². The Hall–Kier alpha value is -1.04. The van der Waals surface area contributed by atoms with Crippen LogP contribution in [0.3, 0.4) is 0 Å². The first-order valence-corrected chi connectivity index (χ1v) is 6.19. The third kappa shape index (κ3) is 1.71. The molecule has 0 aliphatic heterocycles. The van der Waals surface area contributed by atoms with E-state index in [1.807, 2.05) is 18.2 Å². The molecule has 0 fully saturated rings. The van der Waals surface area contributed by atoms with Crippen LogP contribution in [0.15, 0.2) is 24.3 Å². The Morgan fingerprint density at radius 1 is 1.44 bits per heavy atom. The fraction of sp³-hybridized carbons (Fsp3) is 0.250. The van der Waals surface area contributed by atoms with E-state index in [0.717, 1.165) is 14.6 Å². The molecule has 1 amide bonds. The molecule has 84 valence electrons. The lowest BCUT2D eigenvalue weighted by Crippen LogP contribution is -2.11. The summed E-state index contributed by atoms with van der Waals surface area (Å²) >= 11 is 2.28. The Bertz CT molecular complexity index is 557. The number of amides is 1. The molecule has 2 aromatic rings. The van der Waals surface area contributed by atoms with Gasteiger partial charge >= 0.3 is 0 Å². The van der Waals surface area contributed by atoms with Crippen molar-refractivity contribution in [3.05, 3.63) is 33.5 Å². The van der Waals surface area contributed by atoms with Gasteiger partial charge < -0.3 is 10.3 Å². The molecule has 0 bridgehead atoms. The van der Waals surface area contributed by atoms with E-state index in [9.17, 15) is 4.79 Å². The van der Waals surface area contributed by atoms with Gasteiger partial charge in [-0.15, -0.1) is 0 Å². The van der Waals surface area contributed by atoms with Crippen molar-refractivity contribution in [2.75, 3.05) is 0 Å². The number of halogens is 1. The van der Waals surface area contributed by atoms with Gasteiger partial charge in [0.25, 0.3) is 0 Å². The topological polar surface area (TPSA) is 48.0 Å². The summed E-state index contributed by atoms with van der Waals surface area (Å²) in [6.07, 6.45) is 0. The highest BCUT2D eigenvalue weighted by Crippen LogP contribution is 2.27. The molecule has 0 atom stereocenters. The van der Waals surface area contributed by atoms with E-state index in [1.165, 1.54) is 0 Å². The van der Waals surface area contributed by atoms with Crippen LogP contribution >= 0.6 is 22.6 Å². The molecule has 0 unspecified atom stereocenters. The minimum atomic E-state index is -0.372. The van der Waals surface area contributed by atoms with Crippen molar-refractivity contribution < 1.29 is 4.79 Å². The Kier molecular flexibility index (Phi) is 2.92. The van der Waals surface area contributed by atoms with E-state index in [-0.39, 0.29) is 5.91 Å². The number of aromatic nitrogens is 1. The van der Waals surface area contributed by atoms with E-state index >= 15 is 0 Å². The molecule has 0 spiro atoms. The second-order valence-electron chi connectivity index (χ2n) is 4.03. The monoisotopic (exact) mass is 328 g/mol. The number of carbonyl (C=O) groups excluding carboxylic acids is 1. The van der Waals surface area contributed by atoms with Crippen molar-refractivity contribution in [3.63, 3.8) is 0 Å². The van der Waals surface area contributed by atoms with Crippen molar-refractivity contribution >= 4 is 39.4 Å². The van der Waals surface area contributed by atoms with E-state index in [4.69, 9.17) is 5.73 Å². The fourth-order valence-electron chi connectivity index (χ4n) is 1.96. The van der Waals surface area contributed by atoms with Crippen LogP contribution in [-0.2, 0) is 0 Å². The van der Waals surface area contributed by atoms with Crippen LogP contribution in [0, 0.1) is 3.70 Å². The standard InChI is InChI=1S/C12H13IN2O/c1-7(2)15-10-5-3-4-8(12(14)16)9(10)6-11(15)13/h3-7H,1-2H3,(H2,14,16). The molecule has 1 aromatic carbocycles. The molecule has 0 aliphatic carbocycles. The molecule has 0 saturated heterocycles. The number of primary amides is 1. The molecule has 3 nitrogen and oxygen atoms in total. The van der Waals surface area contributed by atoms with Gasteiger partial charge in [0, 0.05) is 22.5 Å². The maximum atomic E-state index is 11.3. The molecule has 2 rings (SSSR count). The summed E-state index contributed by atoms with van der Waals surface area (Å²) in [4.78, 5) is 11.3. The number of hydrogen-bond donors (Lipinski definition) is 1. The predicted octanol–water partition coefficient (Wildman–Crippen LogP) is 2.93. The van der Waals surface area contributed by atoms with Crippen LogP contribution in [0.2, 0.25) is 0 Å². The molecular formula is C12H13IN2O. The van der Waals surface area contributed by atoms with E-state index < -0.39 is 0 Å². The first kappa shape index (κ1) is 11.4. The van der Waals surface area contributed by atoms with E-state index in [1.54, 1.807) is 6.07 Å². The first-order valence-electron chi connectivity index (χ1n) is 5.11. The van der Waals surface area contributed by atoms with Crippen molar-refractivity contribution in [3.8, 4) is 0 Å². The molecule has 0 radical (unpaired) electrons. The zero-order chi connectivity index (χ0) is 11.9. The smallest absolute Gasteiger partial charge is 0.249 e. The second-order valence-corrected chi connectivity index (χ2v) is 5.14. The highest BCUT2D eigenvalue weighted by atomic mass is 127. The maximum absolute atomic E-state index is 11.3. The number of carbonyl (C=O) groups is 1. The fourth-order valence-corrected chi connectivity index (χ4v) is 3.09. The van der Waals surface area contributed by atoms with Gasteiger partial charge in [-0.25, -0.2) is 0 Å². The molecule has 16 heavy (non-hydrogen) atoms. The molecule has 0 saturated carbocycles. The minimum absolute atomic E-state index is 0.368. The maximum Gasteiger partial charge on any atom is 0.249 e. The normalized spacial score (nSPS) is 11.2. The van der Waals surface area contributed by atoms with Gasteiger partial charge in [-0.2, -0.15) is 0 Å². The van der Waals surface area contributed by atoms with Gasteiger partial charge in [-0.05, 0) is 54.6 Å². The Morgan fingerprint density at radius 3 is 2.69 bits per heavy atom. The molecule has 1 heterocycles. The quantitative estimate of drug-likeness (QED) is 0.847. The van der Waals surface area contributed by atoms with Gasteiger partial charge in [0.15, 0.2) is 0 Å². The second kappa shape index (κ2) is 4.08. The molecule has 1 aromatic heterocycles. The lowest BCUT2D eigenvalue weighted by molar-refractivity contribution is 0.100. The van der Waals surface area contributed by atoms with Crippen LogP contribution in [-0.4, -0.2) is 10.5 Å². The van der Waals surface area contributed by atoms with Crippen molar-refractivity contribution in [2.24, 2.45) is 5.73 Å². The summed E-state index contributed by atoms with van der Waals surface area (Å²) in [6.45, 7) is 4.25. The zero-order valence-corrected chi connectivity index (χ0v) is 11.4. The minimum Gasteiger partial charge on any atom is -0.366 e. The number of nitrogens with two attached hydrogens (primary N) is 1. The summed E-state index contributed by atoms with van der Waals surface area (Å²) in [5.74, 6) is -0.372. The number of nitrogens with zero attached hydrogens (tertiary/aromatic N) is 1. The molecule has 4 heteroatoms. The molecule has 0 aliphatic rings. The van der Waals surface area contributed by atoms with Crippen LogP contribution in [0.4, 0.5) is 0 Å². The predicted molar refractivity (Wildman–Crippen MR) is 73.6 cm³/mol. The Balaban J connectivity index is 2.83. The molecular weight excluding hydrogens is 315 g/mol. The Labute approximate surface area is 108 Å². The largest absolute Gasteiger partial charge is 0.366 e. The number of hydrogen-bond acceptors (Lipinski definition) is 1. The van der Waals surface area contributed by atoms with Crippen LogP contribution in [0.5, 0.6) is 0 Å². The lowest BCUT2D eigenvalue weighted by Gasteiger charge is -2.11. The van der Waals surface area contributed by atoms with Crippen LogP contribution < -0.4 is 5.73 Å². The average molecular weight is 328 g/mol. The highest BCUT2D eigenvalue weighted by molar-refractivity contribution is 14.1. The summed E-state index contributed by atoms with van der Waals surface area (Å²) in [5.41, 5.74) is 7.02. The van der Waals surface area contributed by atoms with Gasteiger partial charge in [-0.1, -0.05) is 6.07 Å². The lowest BCUT2D eigenvalue weighted by atomic mass is 10.1. The van der Waals surface area contributed by atoms with Crippen molar-refractivity contribution in [1.29, 1.82) is 0 Å². The van der Waals surface area contributed by atoms with E-state index in [0.29, 0.717) is 11.6 Å². The highest BCUT2D eigenvalue weighted by Gasteiger charge is 2.13. The third-order valence-corrected chi connectivity index (χ3v) is 3.45. The SMILES string of the molecule is CC(C)n1c(I)cc2c(C(N)=O)cccc21.